The molecule has 0 bridgehead atoms. The number of piperazine rings is 1. The average molecular weight is 587 g/mol. The molecule has 8 nitrogen and oxygen atoms in total. The smallest absolute Gasteiger partial charge is 0.423 e. The van der Waals surface area contributed by atoms with Crippen LogP contribution in [-0.2, 0) is 12.7 Å². The fourth-order valence-corrected chi connectivity index (χ4v) is 4.82. The number of aromatic nitrogens is 2. The van der Waals surface area contributed by atoms with E-state index >= 15 is 0 Å². The Balaban J connectivity index is 1.62. The second kappa shape index (κ2) is 11.5. The standard InChI is InChI=1S/C29H26ClF3N4O4/c1-18-16-22(27(38)40-21-6-4-3-5-7-21)25(23(24(18)30)17-36-14-12-35(2)13-15-36)37-28(39)41-26(34-37)19-8-10-20(11-9-19)29(31,32)33/h3-11,16H,12-15,17H2,1-2H3. The Morgan fingerprint density at radius 3 is 2.34 bits per heavy atom. The molecule has 214 valence electrons. The summed E-state index contributed by atoms with van der Waals surface area (Å²) in [4.78, 5) is 31.0. The second-order valence-electron chi connectivity index (χ2n) is 9.82. The zero-order valence-corrected chi connectivity index (χ0v) is 23.0. The van der Waals surface area contributed by atoms with Gasteiger partial charge in [-0.15, -0.1) is 5.10 Å². The zero-order chi connectivity index (χ0) is 29.3. The number of nitrogens with zero attached hydrogens (tertiary/aromatic N) is 4. The van der Waals surface area contributed by atoms with Crippen LogP contribution in [0.2, 0.25) is 5.02 Å². The summed E-state index contributed by atoms with van der Waals surface area (Å²) in [5.41, 5.74) is 0.501. The maximum atomic E-state index is 13.5. The van der Waals surface area contributed by atoms with Gasteiger partial charge in [-0.25, -0.2) is 9.59 Å². The Morgan fingerprint density at radius 1 is 1.05 bits per heavy atom. The number of hydrogen-bond acceptors (Lipinski definition) is 7. The number of aryl methyl sites for hydroxylation is 1. The summed E-state index contributed by atoms with van der Waals surface area (Å²) in [5.74, 6) is -1.59. The molecular formula is C29H26ClF3N4O4. The molecule has 1 aliphatic rings. The van der Waals surface area contributed by atoms with Gasteiger partial charge in [0, 0.05) is 43.9 Å². The lowest BCUT2D eigenvalue weighted by Gasteiger charge is -2.33. The summed E-state index contributed by atoms with van der Waals surface area (Å²) in [6.07, 6.45) is -4.52. The Hall–Kier alpha value is -3.93. The Morgan fingerprint density at radius 2 is 1.71 bits per heavy atom. The molecule has 0 amide bonds. The molecule has 5 rings (SSSR count). The maximum absolute atomic E-state index is 13.5. The summed E-state index contributed by atoms with van der Waals surface area (Å²) in [6, 6.07) is 14.1. The van der Waals surface area contributed by atoms with Gasteiger partial charge in [0.1, 0.15) is 5.75 Å². The van der Waals surface area contributed by atoms with Crippen LogP contribution in [0.4, 0.5) is 13.2 Å². The highest BCUT2D eigenvalue weighted by molar-refractivity contribution is 6.32. The first-order valence-corrected chi connectivity index (χ1v) is 13.2. The van der Waals surface area contributed by atoms with E-state index in [2.05, 4.69) is 14.9 Å². The van der Waals surface area contributed by atoms with Crippen molar-refractivity contribution in [2.24, 2.45) is 0 Å². The topological polar surface area (TPSA) is 80.8 Å². The molecule has 1 fully saturated rings. The van der Waals surface area contributed by atoms with E-state index in [-0.39, 0.29) is 22.7 Å². The van der Waals surface area contributed by atoms with Crippen LogP contribution in [0.25, 0.3) is 17.1 Å². The number of alkyl halides is 3. The molecule has 1 aromatic heterocycles. The van der Waals surface area contributed by atoms with E-state index in [4.69, 9.17) is 20.8 Å². The molecule has 0 aliphatic carbocycles. The normalized spacial score (nSPS) is 14.8. The number of rotatable bonds is 6. The SMILES string of the molecule is Cc1cc(C(=O)Oc2ccccc2)c(-n2nc(-c3ccc(C(F)(F)F)cc3)oc2=O)c(CN2CCN(C)CC2)c1Cl. The van der Waals surface area contributed by atoms with Gasteiger partial charge in [-0.2, -0.15) is 17.9 Å². The highest BCUT2D eigenvalue weighted by atomic mass is 35.5. The van der Waals surface area contributed by atoms with E-state index in [1.54, 1.807) is 37.3 Å². The van der Waals surface area contributed by atoms with Crippen molar-refractivity contribution in [3.63, 3.8) is 0 Å². The van der Waals surface area contributed by atoms with E-state index in [0.29, 0.717) is 28.4 Å². The number of para-hydroxylation sites is 1. The van der Waals surface area contributed by atoms with Crippen LogP contribution in [0.15, 0.2) is 69.9 Å². The molecular weight excluding hydrogens is 561 g/mol. The minimum atomic E-state index is -4.52. The van der Waals surface area contributed by atoms with Crippen LogP contribution in [0.1, 0.15) is 27.0 Å². The first-order chi connectivity index (χ1) is 19.5. The van der Waals surface area contributed by atoms with Crippen molar-refractivity contribution in [1.82, 2.24) is 19.6 Å². The molecule has 1 aliphatic heterocycles. The number of likely N-dealkylation sites (N-methyl/N-ethyl adjacent to an activating group) is 1. The lowest BCUT2D eigenvalue weighted by Crippen LogP contribution is -2.44. The Kier molecular flexibility index (Phi) is 8.03. The molecule has 1 saturated heterocycles. The van der Waals surface area contributed by atoms with Crippen molar-refractivity contribution in [2.45, 2.75) is 19.6 Å². The summed E-state index contributed by atoms with van der Waals surface area (Å²) in [7, 11) is 2.03. The van der Waals surface area contributed by atoms with Gasteiger partial charge in [0.05, 0.1) is 21.8 Å². The van der Waals surface area contributed by atoms with E-state index in [1.807, 2.05) is 7.05 Å². The predicted octanol–water partition coefficient (Wildman–Crippen LogP) is 5.44. The largest absolute Gasteiger partial charge is 0.442 e. The van der Waals surface area contributed by atoms with Gasteiger partial charge >= 0.3 is 17.9 Å². The predicted molar refractivity (Wildman–Crippen MR) is 146 cm³/mol. The highest BCUT2D eigenvalue weighted by Gasteiger charge is 2.31. The molecule has 0 saturated carbocycles. The van der Waals surface area contributed by atoms with Crippen molar-refractivity contribution < 1.29 is 27.1 Å². The van der Waals surface area contributed by atoms with E-state index < -0.39 is 23.5 Å². The number of benzene rings is 3. The molecule has 2 heterocycles. The third kappa shape index (κ3) is 6.22. The van der Waals surface area contributed by atoms with Gasteiger partial charge in [0.15, 0.2) is 0 Å². The summed E-state index contributed by atoms with van der Waals surface area (Å²) in [5, 5.41) is 4.64. The number of hydrogen-bond donors (Lipinski definition) is 0. The lowest BCUT2D eigenvalue weighted by molar-refractivity contribution is -0.137. The quantitative estimate of drug-likeness (QED) is 0.220. The van der Waals surface area contributed by atoms with Crippen LogP contribution in [-0.4, -0.2) is 58.8 Å². The number of esters is 1. The third-order valence-electron chi connectivity index (χ3n) is 6.88. The van der Waals surface area contributed by atoms with Gasteiger partial charge in [-0.05, 0) is 62.0 Å². The zero-order valence-electron chi connectivity index (χ0n) is 22.2. The van der Waals surface area contributed by atoms with Crippen molar-refractivity contribution in [3.05, 3.63) is 98.5 Å². The van der Waals surface area contributed by atoms with E-state index in [9.17, 15) is 22.8 Å². The van der Waals surface area contributed by atoms with Gasteiger partial charge in [0.2, 0.25) is 5.89 Å². The molecule has 4 aromatic rings. The highest BCUT2D eigenvalue weighted by Crippen LogP contribution is 2.34. The summed E-state index contributed by atoms with van der Waals surface area (Å²) in [6.45, 7) is 5.17. The molecule has 0 N–H and O–H groups in total. The van der Waals surface area contributed by atoms with Crippen molar-refractivity contribution in [3.8, 4) is 22.9 Å². The van der Waals surface area contributed by atoms with Gasteiger partial charge < -0.3 is 14.1 Å². The van der Waals surface area contributed by atoms with Crippen LogP contribution >= 0.6 is 11.6 Å². The van der Waals surface area contributed by atoms with Crippen LogP contribution < -0.4 is 10.5 Å². The molecule has 0 atom stereocenters. The van der Waals surface area contributed by atoms with Crippen molar-refractivity contribution in [2.75, 3.05) is 33.2 Å². The van der Waals surface area contributed by atoms with Crippen molar-refractivity contribution in [1.29, 1.82) is 0 Å². The number of carbonyl (C=O) groups excluding carboxylic acids is 1. The molecule has 0 spiro atoms. The monoisotopic (exact) mass is 586 g/mol. The molecule has 0 unspecified atom stereocenters. The van der Waals surface area contributed by atoms with E-state index in [0.717, 1.165) is 55.1 Å². The first-order valence-electron chi connectivity index (χ1n) is 12.8. The minimum absolute atomic E-state index is 0.0363. The fourth-order valence-electron chi connectivity index (χ4n) is 4.61. The number of halogens is 4. The van der Waals surface area contributed by atoms with Crippen LogP contribution in [0.3, 0.4) is 0 Å². The van der Waals surface area contributed by atoms with E-state index in [1.165, 1.54) is 6.07 Å². The number of carbonyl (C=O) groups is 1. The molecule has 3 aromatic carbocycles. The first kappa shape index (κ1) is 28.6. The van der Waals surface area contributed by atoms with Crippen molar-refractivity contribution >= 4 is 17.6 Å². The van der Waals surface area contributed by atoms with Gasteiger partial charge in [-0.3, -0.25) is 4.90 Å². The molecule has 0 radical (unpaired) electrons. The number of ether oxygens (including phenoxy) is 1. The van der Waals surface area contributed by atoms with Gasteiger partial charge in [-0.1, -0.05) is 29.8 Å². The lowest BCUT2D eigenvalue weighted by atomic mass is 10.0. The summed E-state index contributed by atoms with van der Waals surface area (Å²) >= 11 is 6.80. The Labute approximate surface area is 238 Å². The fraction of sp³-hybridized carbons (Fsp3) is 0.276. The summed E-state index contributed by atoms with van der Waals surface area (Å²) < 4.78 is 51.1. The average Bonchev–Trinajstić information content (AvgIpc) is 3.33. The van der Waals surface area contributed by atoms with Gasteiger partial charge in [0.25, 0.3) is 0 Å². The molecule has 41 heavy (non-hydrogen) atoms. The Bertz CT molecular complexity index is 1610. The van der Waals surface area contributed by atoms with Crippen LogP contribution in [0, 0.1) is 6.92 Å². The second-order valence-corrected chi connectivity index (χ2v) is 10.2. The van der Waals surface area contributed by atoms with Crippen LogP contribution in [0.5, 0.6) is 5.75 Å². The minimum Gasteiger partial charge on any atom is -0.423 e. The third-order valence-corrected chi connectivity index (χ3v) is 7.41. The maximum Gasteiger partial charge on any atom is 0.442 e. The molecule has 12 heteroatoms.